The number of nitrogens with two attached hydrogens (primary N) is 1. The SMILES string of the molecule is NNc1c(COCCc2cccs2)cccc1[N+](=O)[O-]. The Morgan fingerprint density at radius 3 is 2.85 bits per heavy atom. The van der Waals surface area contributed by atoms with Crippen molar-refractivity contribution in [1.82, 2.24) is 0 Å². The zero-order valence-electron chi connectivity index (χ0n) is 10.7. The molecule has 0 fully saturated rings. The molecule has 0 amide bonds. The van der Waals surface area contributed by atoms with Crippen molar-refractivity contribution < 1.29 is 9.66 Å². The maximum absolute atomic E-state index is 10.9. The highest BCUT2D eigenvalue weighted by Crippen LogP contribution is 2.27. The van der Waals surface area contributed by atoms with Crippen LogP contribution in [0.15, 0.2) is 35.7 Å². The lowest BCUT2D eigenvalue weighted by Gasteiger charge is -2.09. The van der Waals surface area contributed by atoms with E-state index in [1.807, 2.05) is 17.5 Å². The van der Waals surface area contributed by atoms with E-state index >= 15 is 0 Å². The second-order valence-electron chi connectivity index (χ2n) is 4.09. The number of nitro benzene ring substituents is 1. The normalized spacial score (nSPS) is 10.4. The molecule has 1 heterocycles. The van der Waals surface area contributed by atoms with E-state index in [1.54, 1.807) is 23.5 Å². The van der Waals surface area contributed by atoms with Crippen LogP contribution < -0.4 is 11.3 Å². The number of nitrogens with zero attached hydrogens (tertiary/aromatic N) is 1. The Morgan fingerprint density at radius 2 is 2.20 bits per heavy atom. The first-order valence-electron chi connectivity index (χ1n) is 6.05. The standard InChI is InChI=1S/C13H15N3O3S/c14-15-13-10(3-1-5-12(13)16(17)18)9-19-7-6-11-4-2-8-20-11/h1-5,8,15H,6-7,9,14H2. The molecule has 0 aliphatic heterocycles. The molecule has 6 nitrogen and oxygen atoms in total. The minimum atomic E-state index is -0.468. The van der Waals surface area contributed by atoms with Gasteiger partial charge in [0.05, 0.1) is 18.1 Å². The van der Waals surface area contributed by atoms with Crippen LogP contribution in [0.5, 0.6) is 0 Å². The van der Waals surface area contributed by atoms with Crippen LogP contribution in [0.4, 0.5) is 11.4 Å². The molecule has 1 aromatic carbocycles. The Bertz CT molecular complexity index is 572. The first-order chi connectivity index (χ1) is 9.72. The average Bonchev–Trinajstić information content (AvgIpc) is 2.96. The number of hydrogen-bond acceptors (Lipinski definition) is 6. The number of nitrogens with one attached hydrogen (secondary N) is 1. The third-order valence-corrected chi connectivity index (χ3v) is 3.74. The van der Waals surface area contributed by atoms with Gasteiger partial charge in [-0.25, -0.2) is 0 Å². The van der Waals surface area contributed by atoms with Crippen molar-refractivity contribution in [2.75, 3.05) is 12.0 Å². The molecule has 2 rings (SSSR count). The van der Waals surface area contributed by atoms with Crippen LogP contribution in [-0.2, 0) is 17.8 Å². The summed E-state index contributed by atoms with van der Waals surface area (Å²) >= 11 is 1.68. The van der Waals surface area contributed by atoms with Crippen molar-refractivity contribution in [3.63, 3.8) is 0 Å². The maximum atomic E-state index is 10.9. The van der Waals surface area contributed by atoms with Gasteiger partial charge in [-0.15, -0.1) is 11.3 Å². The third kappa shape index (κ3) is 3.53. The van der Waals surface area contributed by atoms with Crippen LogP contribution in [-0.4, -0.2) is 11.5 Å². The number of anilines is 1. The van der Waals surface area contributed by atoms with Crippen LogP contribution in [0.1, 0.15) is 10.4 Å². The lowest BCUT2D eigenvalue weighted by Crippen LogP contribution is -2.12. The first-order valence-corrected chi connectivity index (χ1v) is 6.93. The molecule has 0 aliphatic carbocycles. The van der Waals surface area contributed by atoms with E-state index in [0.717, 1.165) is 6.42 Å². The number of benzene rings is 1. The second-order valence-corrected chi connectivity index (χ2v) is 5.13. The van der Waals surface area contributed by atoms with Crippen molar-refractivity contribution in [3.8, 4) is 0 Å². The zero-order chi connectivity index (χ0) is 14.4. The van der Waals surface area contributed by atoms with Gasteiger partial charge in [-0.1, -0.05) is 18.2 Å². The van der Waals surface area contributed by atoms with Gasteiger partial charge in [-0.2, -0.15) is 0 Å². The Kier molecular flexibility index (Phi) is 5.05. The summed E-state index contributed by atoms with van der Waals surface area (Å²) in [5.74, 6) is 5.36. The summed E-state index contributed by atoms with van der Waals surface area (Å²) in [6, 6.07) is 8.83. The molecule has 0 radical (unpaired) electrons. The van der Waals surface area contributed by atoms with Crippen molar-refractivity contribution in [2.45, 2.75) is 13.0 Å². The van der Waals surface area contributed by atoms with Gasteiger partial charge < -0.3 is 10.2 Å². The smallest absolute Gasteiger partial charge is 0.294 e. The van der Waals surface area contributed by atoms with Crippen molar-refractivity contribution in [3.05, 3.63) is 56.3 Å². The molecule has 7 heteroatoms. The summed E-state index contributed by atoms with van der Waals surface area (Å²) in [6.07, 6.45) is 0.831. The Hall–Kier alpha value is -1.96. The van der Waals surface area contributed by atoms with Gasteiger partial charge in [0, 0.05) is 22.9 Å². The van der Waals surface area contributed by atoms with E-state index in [0.29, 0.717) is 17.9 Å². The second kappa shape index (κ2) is 6.99. The van der Waals surface area contributed by atoms with E-state index in [-0.39, 0.29) is 12.3 Å². The summed E-state index contributed by atoms with van der Waals surface area (Å²) in [5.41, 5.74) is 3.30. The Morgan fingerprint density at radius 1 is 1.35 bits per heavy atom. The molecule has 106 valence electrons. The summed E-state index contributed by atoms with van der Waals surface area (Å²) < 4.78 is 5.56. The van der Waals surface area contributed by atoms with E-state index in [4.69, 9.17) is 10.6 Å². The number of hydrogen-bond donors (Lipinski definition) is 2. The fourth-order valence-corrected chi connectivity index (χ4v) is 2.53. The predicted octanol–water partition coefficient (Wildman–Crippen LogP) is 2.70. The molecule has 20 heavy (non-hydrogen) atoms. The highest BCUT2D eigenvalue weighted by atomic mass is 32.1. The van der Waals surface area contributed by atoms with Gasteiger partial charge in [0.25, 0.3) is 5.69 Å². The molecule has 2 aromatic rings. The molecule has 1 aromatic heterocycles. The van der Waals surface area contributed by atoms with Gasteiger partial charge in [0.1, 0.15) is 5.69 Å². The summed E-state index contributed by atoms with van der Waals surface area (Å²) in [5, 5.41) is 12.9. The first kappa shape index (κ1) is 14.4. The number of nitrogen functional groups attached to an aromatic ring is 1. The number of nitro groups is 1. The van der Waals surface area contributed by atoms with Crippen LogP contribution in [0, 0.1) is 10.1 Å². The monoisotopic (exact) mass is 293 g/mol. The van der Waals surface area contributed by atoms with E-state index < -0.39 is 4.92 Å². The quantitative estimate of drug-likeness (QED) is 0.354. The molecule has 0 aliphatic rings. The lowest BCUT2D eigenvalue weighted by molar-refractivity contribution is -0.384. The van der Waals surface area contributed by atoms with Gasteiger partial charge in [0.15, 0.2) is 0 Å². The molecule has 0 spiro atoms. The van der Waals surface area contributed by atoms with Gasteiger partial charge in [-0.05, 0) is 11.4 Å². The lowest BCUT2D eigenvalue weighted by atomic mass is 10.1. The molecule has 3 N–H and O–H groups in total. The molecular weight excluding hydrogens is 278 g/mol. The number of para-hydroxylation sites is 1. The van der Waals surface area contributed by atoms with E-state index in [2.05, 4.69) is 5.43 Å². The molecule has 0 saturated heterocycles. The summed E-state index contributed by atoms with van der Waals surface area (Å²) in [6.45, 7) is 0.847. The van der Waals surface area contributed by atoms with E-state index in [9.17, 15) is 10.1 Å². The van der Waals surface area contributed by atoms with Crippen LogP contribution >= 0.6 is 11.3 Å². The zero-order valence-corrected chi connectivity index (χ0v) is 11.6. The third-order valence-electron chi connectivity index (χ3n) is 2.80. The van der Waals surface area contributed by atoms with E-state index in [1.165, 1.54) is 10.9 Å². The minimum Gasteiger partial charge on any atom is -0.376 e. The Labute approximate surface area is 120 Å². The predicted molar refractivity (Wildman–Crippen MR) is 78.6 cm³/mol. The Balaban J connectivity index is 1.95. The summed E-state index contributed by atoms with van der Waals surface area (Å²) in [7, 11) is 0. The highest BCUT2D eigenvalue weighted by molar-refractivity contribution is 7.09. The molecule has 0 saturated carbocycles. The van der Waals surface area contributed by atoms with Gasteiger partial charge >= 0.3 is 0 Å². The molecule has 0 atom stereocenters. The maximum Gasteiger partial charge on any atom is 0.294 e. The highest BCUT2D eigenvalue weighted by Gasteiger charge is 2.16. The minimum absolute atomic E-state index is 0.0492. The number of rotatable bonds is 7. The largest absolute Gasteiger partial charge is 0.376 e. The van der Waals surface area contributed by atoms with Crippen molar-refractivity contribution in [2.24, 2.45) is 5.84 Å². The van der Waals surface area contributed by atoms with Crippen molar-refractivity contribution in [1.29, 1.82) is 0 Å². The number of hydrazine groups is 1. The van der Waals surface area contributed by atoms with Crippen molar-refractivity contribution >= 4 is 22.7 Å². The number of ether oxygens (including phenoxy) is 1. The van der Waals surface area contributed by atoms with Crippen LogP contribution in [0.2, 0.25) is 0 Å². The van der Waals surface area contributed by atoms with Crippen LogP contribution in [0.25, 0.3) is 0 Å². The number of thiophene rings is 1. The fourth-order valence-electron chi connectivity index (χ4n) is 1.84. The molecule has 0 bridgehead atoms. The van der Waals surface area contributed by atoms with Gasteiger partial charge in [0.2, 0.25) is 0 Å². The topological polar surface area (TPSA) is 90.4 Å². The summed E-state index contributed by atoms with van der Waals surface area (Å²) in [4.78, 5) is 11.7. The molecular formula is C13H15N3O3S. The average molecular weight is 293 g/mol. The van der Waals surface area contributed by atoms with Crippen LogP contribution in [0.3, 0.4) is 0 Å². The van der Waals surface area contributed by atoms with Gasteiger partial charge in [-0.3, -0.25) is 16.0 Å². The molecule has 0 unspecified atom stereocenters. The fraction of sp³-hybridized carbons (Fsp3) is 0.231.